The second-order valence-corrected chi connectivity index (χ2v) is 8.50. The van der Waals surface area contributed by atoms with Crippen LogP contribution in [0, 0.1) is 0 Å². The third-order valence-corrected chi connectivity index (χ3v) is 6.25. The number of rotatable bonds is 5. The summed E-state index contributed by atoms with van der Waals surface area (Å²) >= 11 is 7.65. The summed E-state index contributed by atoms with van der Waals surface area (Å²) in [7, 11) is 1.56. The summed E-state index contributed by atoms with van der Waals surface area (Å²) in [4.78, 5) is 17.6. The highest BCUT2D eigenvalue weighted by Crippen LogP contribution is 2.35. The molecule has 5 rings (SSSR count). The number of nitrogens with one attached hydrogen (secondary N) is 1. The molecule has 2 aromatic heterocycles. The van der Waals surface area contributed by atoms with Gasteiger partial charge < -0.3 is 14.5 Å². The van der Waals surface area contributed by atoms with Gasteiger partial charge in [0.1, 0.15) is 16.5 Å². The van der Waals surface area contributed by atoms with E-state index >= 15 is 0 Å². The summed E-state index contributed by atoms with van der Waals surface area (Å²) in [5.41, 5.74) is 3.17. The van der Waals surface area contributed by atoms with Gasteiger partial charge in [0.05, 0.1) is 23.0 Å². The summed E-state index contributed by atoms with van der Waals surface area (Å²) < 4.78 is 12.3. The average molecular weight is 461 g/mol. The Bertz CT molecular complexity index is 1410. The molecule has 0 atom stereocenters. The standard InChI is InChI=1S/C25H17ClN2O3S/c1-30-21-10-9-16(25-28-18-7-2-3-8-23(18)32-25)14-19(21)27-24(29)22-12-11-20(31-22)15-5-4-6-17(26)13-15/h2-14H,1H3,(H,27,29). The van der Waals surface area contributed by atoms with Crippen LogP contribution in [0.1, 0.15) is 10.6 Å². The quantitative estimate of drug-likeness (QED) is 0.303. The van der Waals surface area contributed by atoms with E-state index in [1.54, 1.807) is 42.7 Å². The van der Waals surface area contributed by atoms with Crippen molar-refractivity contribution in [2.24, 2.45) is 0 Å². The maximum Gasteiger partial charge on any atom is 0.291 e. The number of hydrogen-bond donors (Lipinski definition) is 1. The van der Waals surface area contributed by atoms with Gasteiger partial charge in [-0.2, -0.15) is 0 Å². The van der Waals surface area contributed by atoms with E-state index in [9.17, 15) is 4.79 Å². The first kappa shape index (κ1) is 20.3. The predicted octanol–water partition coefficient (Wildman–Crippen LogP) is 7.14. The van der Waals surface area contributed by atoms with Crippen LogP contribution in [-0.4, -0.2) is 18.0 Å². The molecule has 0 fully saturated rings. The number of furan rings is 1. The Morgan fingerprint density at radius 3 is 2.69 bits per heavy atom. The molecule has 3 aromatic carbocycles. The maximum absolute atomic E-state index is 12.9. The number of fused-ring (bicyclic) bond motifs is 1. The molecular formula is C25H17ClN2O3S. The summed E-state index contributed by atoms with van der Waals surface area (Å²) in [5.74, 6) is 0.920. The molecule has 0 unspecified atom stereocenters. The zero-order chi connectivity index (χ0) is 22.1. The number of ether oxygens (including phenoxy) is 1. The number of carbonyl (C=O) groups excluding carboxylic acids is 1. The largest absolute Gasteiger partial charge is 0.495 e. The predicted molar refractivity (Wildman–Crippen MR) is 129 cm³/mol. The van der Waals surface area contributed by atoms with Gasteiger partial charge in [0.15, 0.2) is 5.76 Å². The minimum absolute atomic E-state index is 0.187. The van der Waals surface area contributed by atoms with Crippen molar-refractivity contribution >= 4 is 44.7 Å². The first-order valence-electron chi connectivity index (χ1n) is 9.82. The van der Waals surface area contributed by atoms with Gasteiger partial charge in [-0.15, -0.1) is 11.3 Å². The van der Waals surface area contributed by atoms with Crippen LogP contribution in [0.25, 0.3) is 32.1 Å². The lowest BCUT2D eigenvalue weighted by molar-refractivity contribution is 0.0997. The molecule has 32 heavy (non-hydrogen) atoms. The minimum Gasteiger partial charge on any atom is -0.495 e. The number of para-hydroxylation sites is 1. The Morgan fingerprint density at radius 2 is 1.88 bits per heavy atom. The molecule has 0 spiro atoms. The van der Waals surface area contributed by atoms with Crippen LogP contribution >= 0.6 is 22.9 Å². The first-order valence-corrected chi connectivity index (χ1v) is 11.0. The molecule has 0 saturated carbocycles. The number of carbonyl (C=O) groups is 1. The second kappa shape index (κ2) is 8.49. The van der Waals surface area contributed by atoms with Crippen molar-refractivity contribution in [1.82, 2.24) is 4.98 Å². The molecule has 5 nitrogen and oxygen atoms in total. The number of methoxy groups -OCH3 is 1. The Balaban J connectivity index is 1.43. The number of halogens is 1. The van der Waals surface area contributed by atoms with Crippen molar-refractivity contribution in [1.29, 1.82) is 0 Å². The van der Waals surface area contributed by atoms with Crippen LogP contribution in [0.2, 0.25) is 5.02 Å². The van der Waals surface area contributed by atoms with Crippen LogP contribution in [-0.2, 0) is 0 Å². The molecule has 0 aliphatic carbocycles. The molecule has 2 heterocycles. The van der Waals surface area contributed by atoms with Gasteiger partial charge >= 0.3 is 0 Å². The summed E-state index contributed by atoms with van der Waals surface area (Å²) in [6.45, 7) is 0. The lowest BCUT2D eigenvalue weighted by Gasteiger charge is -2.10. The highest BCUT2D eigenvalue weighted by Gasteiger charge is 2.16. The van der Waals surface area contributed by atoms with Gasteiger partial charge in [0.25, 0.3) is 5.91 Å². The molecule has 0 aliphatic rings. The van der Waals surface area contributed by atoms with E-state index in [1.807, 2.05) is 54.6 Å². The van der Waals surface area contributed by atoms with E-state index in [-0.39, 0.29) is 11.7 Å². The average Bonchev–Trinajstić information content (AvgIpc) is 3.47. The van der Waals surface area contributed by atoms with Gasteiger partial charge in [-0.3, -0.25) is 4.79 Å². The van der Waals surface area contributed by atoms with Gasteiger partial charge in [-0.25, -0.2) is 4.98 Å². The smallest absolute Gasteiger partial charge is 0.291 e. The van der Waals surface area contributed by atoms with Crippen LogP contribution < -0.4 is 10.1 Å². The summed E-state index contributed by atoms with van der Waals surface area (Å²) in [6, 6.07) is 24.2. The SMILES string of the molecule is COc1ccc(-c2nc3ccccc3s2)cc1NC(=O)c1ccc(-c2cccc(Cl)c2)o1. The highest BCUT2D eigenvalue weighted by molar-refractivity contribution is 7.21. The molecule has 158 valence electrons. The molecule has 0 saturated heterocycles. The lowest BCUT2D eigenvalue weighted by atomic mass is 10.2. The second-order valence-electron chi connectivity index (χ2n) is 7.03. The van der Waals surface area contributed by atoms with E-state index in [2.05, 4.69) is 5.32 Å². The summed E-state index contributed by atoms with van der Waals surface area (Å²) in [5, 5.41) is 4.36. The van der Waals surface area contributed by atoms with E-state index in [4.69, 9.17) is 25.7 Å². The van der Waals surface area contributed by atoms with Crippen LogP contribution in [0.5, 0.6) is 5.75 Å². The number of benzene rings is 3. The van der Waals surface area contributed by atoms with Gasteiger partial charge in [-0.05, 0) is 54.6 Å². The van der Waals surface area contributed by atoms with Gasteiger partial charge in [-0.1, -0.05) is 35.9 Å². The van der Waals surface area contributed by atoms with Crippen molar-refractivity contribution in [2.75, 3.05) is 12.4 Å². The lowest BCUT2D eigenvalue weighted by Crippen LogP contribution is -2.11. The topological polar surface area (TPSA) is 64.4 Å². The van der Waals surface area contributed by atoms with E-state index in [1.165, 1.54) is 0 Å². The molecule has 1 amide bonds. The molecular weight excluding hydrogens is 444 g/mol. The fourth-order valence-corrected chi connectivity index (χ4v) is 4.53. The van der Waals surface area contributed by atoms with Gasteiger partial charge in [0, 0.05) is 16.1 Å². The number of thiazole rings is 1. The van der Waals surface area contributed by atoms with Crippen LogP contribution in [0.15, 0.2) is 83.3 Å². The van der Waals surface area contributed by atoms with Crippen LogP contribution in [0.3, 0.4) is 0 Å². The molecule has 5 aromatic rings. The number of nitrogens with zero attached hydrogens (tertiary/aromatic N) is 1. The van der Waals surface area contributed by atoms with E-state index in [0.29, 0.717) is 22.2 Å². The number of anilines is 1. The highest BCUT2D eigenvalue weighted by atomic mass is 35.5. The summed E-state index contributed by atoms with van der Waals surface area (Å²) in [6.07, 6.45) is 0. The van der Waals surface area contributed by atoms with E-state index in [0.717, 1.165) is 26.4 Å². The van der Waals surface area contributed by atoms with Crippen molar-refractivity contribution < 1.29 is 13.9 Å². The molecule has 0 aliphatic heterocycles. The Kier molecular flexibility index (Phi) is 5.39. The van der Waals surface area contributed by atoms with Crippen molar-refractivity contribution in [3.05, 3.63) is 89.6 Å². The number of amides is 1. The normalized spacial score (nSPS) is 10.9. The fraction of sp³-hybridized carbons (Fsp3) is 0.0400. The first-order chi connectivity index (χ1) is 15.6. The van der Waals surface area contributed by atoms with Crippen molar-refractivity contribution in [2.45, 2.75) is 0 Å². The van der Waals surface area contributed by atoms with Crippen molar-refractivity contribution in [3.8, 4) is 27.6 Å². The maximum atomic E-state index is 12.9. The fourth-order valence-electron chi connectivity index (χ4n) is 3.38. The monoisotopic (exact) mass is 460 g/mol. The minimum atomic E-state index is -0.377. The molecule has 0 radical (unpaired) electrons. The van der Waals surface area contributed by atoms with Crippen LogP contribution in [0.4, 0.5) is 5.69 Å². The third-order valence-electron chi connectivity index (χ3n) is 4.93. The molecule has 0 bridgehead atoms. The third kappa shape index (κ3) is 3.98. The Morgan fingerprint density at radius 1 is 1.00 bits per heavy atom. The van der Waals surface area contributed by atoms with E-state index < -0.39 is 0 Å². The zero-order valence-corrected chi connectivity index (χ0v) is 18.5. The number of hydrogen-bond acceptors (Lipinski definition) is 5. The Hall–Kier alpha value is -3.61. The molecule has 1 N–H and O–H groups in total. The number of aromatic nitrogens is 1. The Labute approximate surface area is 193 Å². The van der Waals surface area contributed by atoms with Crippen molar-refractivity contribution in [3.63, 3.8) is 0 Å². The molecule has 7 heteroatoms. The zero-order valence-electron chi connectivity index (χ0n) is 17.0. The van der Waals surface area contributed by atoms with Gasteiger partial charge in [0.2, 0.25) is 0 Å².